The Labute approximate surface area is 229 Å². The summed E-state index contributed by atoms with van der Waals surface area (Å²) in [6, 6.07) is 11.3. The zero-order chi connectivity index (χ0) is 28.1. The summed E-state index contributed by atoms with van der Waals surface area (Å²) >= 11 is 6.05. The molecule has 9 heteroatoms. The van der Waals surface area contributed by atoms with E-state index in [-0.39, 0.29) is 18.4 Å². The Morgan fingerprint density at radius 3 is 2.42 bits per heavy atom. The van der Waals surface area contributed by atoms with Gasteiger partial charge in [0.25, 0.3) is 0 Å². The molecule has 0 aliphatic carbocycles. The first-order valence-corrected chi connectivity index (χ1v) is 13.3. The van der Waals surface area contributed by atoms with Gasteiger partial charge in [-0.05, 0) is 76.8 Å². The number of carbonyl (C=O) groups excluding carboxylic acids is 2. The number of carbonyl (C=O) groups is 2. The minimum Gasteiger partial charge on any atom is -0.466 e. The molecule has 208 valence electrons. The van der Waals surface area contributed by atoms with Gasteiger partial charge in [0, 0.05) is 36.3 Å². The van der Waals surface area contributed by atoms with Gasteiger partial charge in [-0.25, -0.2) is 9.18 Å². The summed E-state index contributed by atoms with van der Waals surface area (Å²) < 4.78 is 25.1. The second-order valence-electron chi connectivity index (χ2n) is 11.2. The number of nitrogens with zero attached hydrogens (tertiary/aromatic N) is 1. The van der Waals surface area contributed by atoms with E-state index in [1.165, 1.54) is 12.1 Å². The molecular weight excluding hydrogens is 511 g/mol. The first-order valence-electron chi connectivity index (χ1n) is 12.9. The first kappa shape index (κ1) is 29.9. The van der Waals surface area contributed by atoms with Gasteiger partial charge in [0.1, 0.15) is 11.4 Å². The Kier molecular flexibility index (Phi) is 9.79. The molecule has 1 aliphatic rings. The summed E-state index contributed by atoms with van der Waals surface area (Å²) in [6.45, 7) is 10.5. The number of halogens is 2. The molecule has 2 N–H and O–H groups in total. The van der Waals surface area contributed by atoms with E-state index in [1.807, 2.05) is 17.0 Å². The predicted octanol–water partition coefficient (Wildman–Crippen LogP) is 5.22. The SMILES string of the molecule is CCOC(=O)C(CC(Cc1ccc(-c2cc(Cl)ccc2F)cc1)NC(=O)OC(C)(C)C)CN1CC(C)(O)C1. The summed E-state index contributed by atoms with van der Waals surface area (Å²) in [5.41, 5.74) is 0.533. The van der Waals surface area contributed by atoms with Crippen LogP contribution in [0.25, 0.3) is 11.1 Å². The van der Waals surface area contributed by atoms with Crippen LogP contribution in [0.5, 0.6) is 0 Å². The van der Waals surface area contributed by atoms with E-state index in [1.54, 1.807) is 52.8 Å². The van der Waals surface area contributed by atoms with Crippen molar-refractivity contribution in [2.75, 3.05) is 26.2 Å². The maximum absolute atomic E-state index is 14.3. The highest BCUT2D eigenvalue weighted by Crippen LogP contribution is 2.27. The number of rotatable bonds is 10. The quantitative estimate of drug-likeness (QED) is 0.396. The minimum absolute atomic E-state index is 0.249. The highest BCUT2D eigenvalue weighted by molar-refractivity contribution is 6.30. The number of alkyl carbamates (subject to hydrolysis) is 1. The lowest BCUT2D eigenvalue weighted by atomic mass is 9.90. The van der Waals surface area contributed by atoms with Crippen LogP contribution in [0.2, 0.25) is 5.02 Å². The lowest BCUT2D eigenvalue weighted by Gasteiger charge is -2.45. The summed E-state index contributed by atoms with van der Waals surface area (Å²) in [6.07, 6.45) is 0.168. The molecule has 0 radical (unpaired) electrons. The van der Waals surface area contributed by atoms with Crippen molar-refractivity contribution in [3.63, 3.8) is 0 Å². The van der Waals surface area contributed by atoms with Crippen LogP contribution in [-0.2, 0) is 20.7 Å². The van der Waals surface area contributed by atoms with E-state index in [0.29, 0.717) is 48.6 Å². The van der Waals surface area contributed by atoms with Crippen molar-refractivity contribution >= 4 is 23.7 Å². The van der Waals surface area contributed by atoms with Crippen LogP contribution < -0.4 is 5.32 Å². The van der Waals surface area contributed by atoms with Crippen LogP contribution in [0.15, 0.2) is 42.5 Å². The van der Waals surface area contributed by atoms with Crippen molar-refractivity contribution < 1.29 is 28.6 Å². The van der Waals surface area contributed by atoms with E-state index in [0.717, 1.165) is 5.56 Å². The number of benzene rings is 2. The predicted molar refractivity (Wildman–Crippen MR) is 146 cm³/mol. The fraction of sp³-hybridized carbons (Fsp3) is 0.517. The Hall–Kier alpha value is -2.68. The van der Waals surface area contributed by atoms with Gasteiger partial charge in [0.2, 0.25) is 0 Å². The molecule has 1 fully saturated rings. The molecule has 1 saturated heterocycles. The third-order valence-corrected chi connectivity index (χ3v) is 6.43. The monoisotopic (exact) mass is 548 g/mol. The molecule has 2 unspecified atom stereocenters. The van der Waals surface area contributed by atoms with Crippen molar-refractivity contribution in [2.45, 2.75) is 64.7 Å². The highest BCUT2D eigenvalue weighted by atomic mass is 35.5. The number of hydrogen-bond acceptors (Lipinski definition) is 6. The fourth-order valence-corrected chi connectivity index (χ4v) is 4.87. The average molecular weight is 549 g/mol. The van der Waals surface area contributed by atoms with E-state index < -0.39 is 29.3 Å². The Balaban J connectivity index is 1.79. The molecule has 1 heterocycles. The normalized spacial score (nSPS) is 16.7. The topological polar surface area (TPSA) is 88.1 Å². The number of aliphatic hydroxyl groups is 1. The fourth-order valence-electron chi connectivity index (χ4n) is 4.70. The number of nitrogens with one attached hydrogen (secondary N) is 1. The number of likely N-dealkylation sites (tertiary alicyclic amines) is 1. The smallest absolute Gasteiger partial charge is 0.407 e. The Bertz CT molecular complexity index is 1110. The van der Waals surface area contributed by atoms with Gasteiger partial charge in [-0.3, -0.25) is 9.69 Å². The standard InChI is InChI=1S/C29H38ClFN2O5/c1-6-37-26(34)21(16-33-17-29(5,36)18-33)14-23(32-27(35)38-28(2,3)4)13-19-7-9-20(10-8-19)24-15-22(30)11-12-25(24)31/h7-12,15,21,23,36H,6,13-14,16-18H2,1-5H3,(H,32,35). The van der Waals surface area contributed by atoms with E-state index in [9.17, 15) is 19.1 Å². The molecule has 1 aliphatic heterocycles. The van der Waals surface area contributed by atoms with E-state index in [4.69, 9.17) is 21.1 Å². The van der Waals surface area contributed by atoms with Gasteiger partial charge in [-0.2, -0.15) is 0 Å². The molecule has 0 bridgehead atoms. The number of hydrogen-bond donors (Lipinski definition) is 2. The van der Waals surface area contributed by atoms with Crippen LogP contribution in [0, 0.1) is 11.7 Å². The molecule has 38 heavy (non-hydrogen) atoms. The van der Waals surface area contributed by atoms with E-state index in [2.05, 4.69) is 5.32 Å². The lowest BCUT2D eigenvalue weighted by Crippen LogP contribution is -2.61. The van der Waals surface area contributed by atoms with Gasteiger partial charge >= 0.3 is 12.1 Å². The number of β-amino-alcohol motifs (C(OH)–C–C–N with tert-alkyl or cyclic N) is 1. The van der Waals surface area contributed by atoms with Gasteiger partial charge in [-0.1, -0.05) is 35.9 Å². The first-order chi connectivity index (χ1) is 17.7. The number of amides is 1. The second kappa shape index (κ2) is 12.5. The molecule has 0 spiro atoms. The Morgan fingerprint density at radius 2 is 1.84 bits per heavy atom. The van der Waals surface area contributed by atoms with Crippen molar-refractivity contribution in [3.05, 3.63) is 58.9 Å². The lowest BCUT2D eigenvalue weighted by molar-refractivity contribution is -0.152. The van der Waals surface area contributed by atoms with Crippen LogP contribution in [-0.4, -0.2) is 65.6 Å². The maximum atomic E-state index is 14.3. The zero-order valence-electron chi connectivity index (χ0n) is 22.7. The summed E-state index contributed by atoms with van der Waals surface area (Å²) in [4.78, 5) is 27.5. The highest BCUT2D eigenvalue weighted by Gasteiger charge is 2.39. The average Bonchev–Trinajstić information content (AvgIpc) is 2.78. The molecule has 0 saturated carbocycles. The second-order valence-corrected chi connectivity index (χ2v) is 11.7. The molecule has 0 aromatic heterocycles. The zero-order valence-corrected chi connectivity index (χ0v) is 23.5. The minimum atomic E-state index is -0.766. The molecule has 3 rings (SSSR count). The van der Waals surface area contributed by atoms with Gasteiger partial charge < -0.3 is 19.9 Å². The number of esters is 1. The third-order valence-electron chi connectivity index (χ3n) is 6.19. The summed E-state index contributed by atoms with van der Waals surface area (Å²) in [5, 5.41) is 13.5. The van der Waals surface area contributed by atoms with Crippen molar-refractivity contribution in [3.8, 4) is 11.1 Å². The maximum Gasteiger partial charge on any atom is 0.407 e. The Morgan fingerprint density at radius 1 is 1.18 bits per heavy atom. The van der Waals surface area contributed by atoms with Crippen molar-refractivity contribution in [1.82, 2.24) is 10.2 Å². The number of ether oxygens (including phenoxy) is 2. The molecule has 2 atom stereocenters. The van der Waals surface area contributed by atoms with Gasteiger partial charge in [0.05, 0.1) is 18.1 Å². The van der Waals surface area contributed by atoms with Gasteiger partial charge in [0.15, 0.2) is 0 Å². The van der Waals surface area contributed by atoms with Crippen LogP contribution >= 0.6 is 11.6 Å². The van der Waals surface area contributed by atoms with E-state index >= 15 is 0 Å². The van der Waals surface area contributed by atoms with Crippen molar-refractivity contribution in [1.29, 1.82) is 0 Å². The van der Waals surface area contributed by atoms with Crippen LogP contribution in [0.4, 0.5) is 9.18 Å². The molecule has 2 aromatic carbocycles. The summed E-state index contributed by atoms with van der Waals surface area (Å²) in [7, 11) is 0. The van der Waals surface area contributed by atoms with Gasteiger partial charge in [-0.15, -0.1) is 0 Å². The largest absolute Gasteiger partial charge is 0.466 e. The van der Waals surface area contributed by atoms with Crippen LogP contribution in [0.1, 0.15) is 46.6 Å². The van der Waals surface area contributed by atoms with Crippen molar-refractivity contribution in [2.24, 2.45) is 5.92 Å². The third kappa shape index (κ3) is 8.96. The molecule has 7 nitrogen and oxygen atoms in total. The molecular formula is C29H38ClFN2O5. The summed E-state index contributed by atoms with van der Waals surface area (Å²) in [5.74, 6) is -1.22. The molecule has 2 aromatic rings. The van der Waals surface area contributed by atoms with Crippen LogP contribution in [0.3, 0.4) is 0 Å². The molecule has 1 amide bonds.